The number of piperidine rings is 1. The van der Waals surface area contributed by atoms with Crippen molar-refractivity contribution >= 4 is 28.9 Å². The quantitative estimate of drug-likeness (QED) is 0.742. The Hall–Kier alpha value is -1.96. The third-order valence-electron chi connectivity index (χ3n) is 3.61. The highest BCUT2D eigenvalue weighted by Gasteiger charge is 2.30. The van der Waals surface area contributed by atoms with Crippen molar-refractivity contribution < 1.29 is 9.53 Å². The highest BCUT2D eigenvalue weighted by molar-refractivity contribution is 6.33. The second kappa shape index (κ2) is 5.92. The zero-order valence-electron chi connectivity index (χ0n) is 13.4. The second-order valence-corrected chi connectivity index (χ2v) is 6.95. The molecule has 1 aliphatic heterocycles. The van der Waals surface area contributed by atoms with E-state index < -0.39 is 5.60 Å². The van der Waals surface area contributed by atoms with Crippen molar-refractivity contribution in [3.05, 3.63) is 11.5 Å². The average molecular weight is 339 g/mol. The first-order valence-corrected chi connectivity index (χ1v) is 7.92. The van der Waals surface area contributed by atoms with Gasteiger partial charge in [-0.1, -0.05) is 16.8 Å². The molecule has 1 aliphatic rings. The van der Waals surface area contributed by atoms with Crippen LogP contribution in [0.25, 0.3) is 11.2 Å². The van der Waals surface area contributed by atoms with E-state index in [9.17, 15) is 4.79 Å². The number of ether oxygens (including phenoxy) is 1. The number of carbonyl (C=O) groups excluding carboxylic acids is 1. The molecule has 0 N–H and O–H groups in total. The van der Waals surface area contributed by atoms with Crippen LogP contribution in [0, 0.1) is 0 Å². The molecule has 0 aromatic carbocycles. The van der Waals surface area contributed by atoms with Crippen LogP contribution >= 0.6 is 11.6 Å². The summed E-state index contributed by atoms with van der Waals surface area (Å²) in [6.45, 7) is 6.76. The van der Waals surface area contributed by atoms with Gasteiger partial charge < -0.3 is 9.64 Å². The third kappa shape index (κ3) is 3.36. The molecule has 1 saturated heterocycles. The molecule has 0 unspecified atom stereocenters. The second-order valence-electron chi connectivity index (χ2n) is 6.59. The molecule has 8 nitrogen and oxygen atoms in total. The molecule has 0 aliphatic carbocycles. The smallest absolute Gasteiger partial charge is 0.410 e. The number of halogens is 1. The molecule has 0 radical (unpaired) electrons. The van der Waals surface area contributed by atoms with Gasteiger partial charge in [0.1, 0.15) is 11.9 Å². The van der Waals surface area contributed by atoms with Crippen molar-refractivity contribution in [2.24, 2.45) is 0 Å². The molecule has 1 atom stereocenters. The Morgan fingerprint density at radius 3 is 2.91 bits per heavy atom. The SMILES string of the molecule is CC(C)(C)OC(=O)N1CCC[C@H](n2nnc3c(Cl)ncnc32)C1. The molecule has 1 fully saturated rings. The molecule has 124 valence electrons. The maximum atomic E-state index is 12.3. The Morgan fingerprint density at radius 1 is 1.39 bits per heavy atom. The lowest BCUT2D eigenvalue weighted by atomic mass is 10.1. The molecule has 0 saturated carbocycles. The van der Waals surface area contributed by atoms with Crippen LogP contribution in [0.5, 0.6) is 0 Å². The number of nitrogens with zero attached hydrogens (tertiary/aromatic N) is 6. The summed E-state index contributed by atoms with van der Waals surface area (Å²) in [5.74, 6) is 0. The Bertz CT molecular complexity index is 726. The van der Waals surface area contributed by atoms with Gasteiger partial charge in [0.15, 0.2) is 16.3 Å². The van der Waals surface area contributed by atoms with E-state index in [1.165, 1.54) is 6.33 Å². The Balaban J connectivity index is 1.80. The summed E-state index contributed by atoms with van der Waals surface area (Å²) < 4.78 is 7.17. The standard InChI is InChI=1S/C14H19ClN6O2/c1-14(2,3)23-13(22)20-6-4-5-9(7-20)21-12-10(18-19-21)11(15)16-8-17-12/h8-9H,4-7H2,1-3H3/t9-/m0/s1. The van der Waals surface area contributed by atoms with Crippen LogP contribution in [0.4, 0.5) is 4.79 Å². The lowest BCUT2D eigenvalue weighted by molar-refractivity contribution is 0.0168. The van der Waals surface area contributed by atoms with Gasteiger partial charge in [0, 0.05) is 13.1 Å². The van der Waals surface area contributed by atoms with E-state index in [2.05, 4.69) is 20.3 Å². The topological polar surface area (TPSA) is 86.0 Å². The zero-order chi connectivity index (χ0) is 16.6. The molecule has 3 heterocycles. The van der Waals surface area contributed by atoms with Crippen molar-refractivity contribution in [1.29, 1.82) is 0 Å². The minimum Gasteiger partial charge on any atom is -0.444 e. The molecule has 9 heteroatoms. The van der Waals surface area contributed by atoms with Gasteiger partial charge in [-0.05, 0) is 33.6 Å². The minimum atomic E-state index is -0.509. The van der Waals surface area contributed by atoms with Crippen LogP contribution in [0.3, 0.4) is 0 Å². The summed E-state index contributed by atoms with van der Waals surface area (Å²) in [6, 6.07) is -0.00719. The van der Waals surface area contributed by atoms with Crippen LogP contribution in [-0.2, 0) is 4.74 Å². The highest BCUT2D eigenvalue weighted by Crippen LogP contribution is 2.26. The first-order valence-electron chi connectivity index (χ1n) is 7.54. The average Bonchev–Trinajstić information content (AvgIpc) is 2.91. The van der Waals surface area contributed by atoms with Crippen LogP contribution < -0.4 is 0 Å². The minimum absolute atomic E-state index is 0.00719. The van der Waals surface area contributed by atoms with E-state index >= 15 is 0 Å². The van der Waals surface area contributed by atoms with Gasteiger partial charge in [-0.25, -0.2) is 19.4 Å². The number of likely N-dealkylation sites (tertiary alicyclic amines) is 1. The third-order valence-corrected chi connectivity index (χ3v) is 3.89. The van der Waals surface area contributed by atoms with Crippen molar-refractivity contribution in [2.75, 3.05) is 13.1 Å². The normalized spacial score (nSPS) is 19.1. The van der Waals surface area contributed by atoms with Crippen molar-refractivity contribution in [2.45, 2.75) is 45.3 Å². The van der Waals surface area contributed by atoms with E-state index in [0.717, 1.165) is 12.8 Å². The molecule has 3 rings (SSSR count). The molecule has 1 amide bonds. The fourth-order valence-corrected chi connectivity index (χ4v) is 2.80. The molecule has 2 aromatic rings. The number of hydrogen-bond donors (Lipinski definition) is 0. The van der Waals surface area contributed by atoms with Crippen LogP contribution in [0.1, 0.15) is 39.7 Å². The summed E-state index contributed by atoms with van der Waals surface area (Å²) in [6.07, 6.45) is 2.84. The van der Waals surface area contributed by atoms with Gasteiger partial charge in [0.05, 0.1) is 6.04 Å². The fourth-order valence-electron chi connectivity index (χ4n) is 2.63. The summed E-state index contributed by atoms with van der Waals surface area (Å²) >= 11 is 6.01. The van der Waals surface area contributed by atoms with Gasteiger partial charge in [0.2, 0.25) is 0 Å². The monoisotopic (exact) mass is 338 g/mol. The number of rotatable bonds is 1. The van der Waals surface area contributed by atoms with E-state index in [1.807, 2.05) is 20.8 Å². The molecule has 0 bridgehead atoms. The molecule has 0 spiro atoms. The Morgan fingerprint density at radius 2 is 2.17 bits per heavy atom. The van der Waals surface area contributed by atoms with Crippen molar-refractivity contribution in [3.8, 4) is 0 Å². The predicted octanol–water partition coefficient (Wildman–Crippen LogP) is 2.45. The van der Waals surface area contributed by atoms with E-state index in [4.69, 9.17) is 16.3 Å². The van der Waals surface area contributed by atoms with E-state index in [0.29, 0.717) is 24.3 Å². The number of carbonyl (C=O) groups is 1. The van der Waals surface area contributed by atoms with Gasteiger partial charge in [-0.3, -0.25) is 0 Å². The fraction of sp³-hybridized carbons (Fsp3) is 0.643. The number of amides is 1. The van der Waals surface area contributed by atoms with Gasteiger partial charge in [0.25, 0.3) is 0 Å². The van der Waals surface area contributed by atoms with Crippen molar-refractivity contribution in [3.63, 3.8) is 0 Å². The molecule has 2 aromatic heterocycles. The Labute approximate surface area is 138 Å². The first-order chi connectivity index (χ1) is 10.8. The molecular weight excluding hydrogens is 320 g/mol. The van der Waals surface area contributed by atoms with Gasteiger partial charge in [-0.15, -0.1) is 5.10 Å². The number of fused-ring (bicyclic) bond motifs is 1. The van der Waals surface area contributed by atoms with Crippen LogP contribution in [-0.4, -0.2) is 54.6 Å². The Kier molecular flexibility index (Phi) is 4.09. The molecule has 23 heavy (non-hydrogen) atoms. The maximum Gasteiger partial charge on any atom is 0.410 e. The van der Waals surface area contributed by atoms with Crippen LogP contribution in [0.15, 0.2) is 6.33 Å². The summed E-state index contributed by atoms with van der Waals surface area (Å²) in [4.78, 5) is 22.1. The van der Waals surface area contributed by atoms with Gasteiger partial charge in [-0.2, -0.15) is 0 Å². The van der Waals surface area contributed by atoms with E-state index in [1.54, 1.807) is 9.58 Å². The zero-order valence-corrected chi connectivity index (χ0v) is 14.1. The first kappa shape index (κ1) is 15.9. The van der Waals surface area contributed by atoms with Crippen molar-refractivity contribution in [1.82, 2.24) is 29.9 Å². The summed E-state index contributed by atoms with van der Waals surface area (Å²) in [5, 5.41) is 8.47. The largest absolute Gasteiger partial charge is 0.444 e. The maximum absolute atomic E-state index is 12.3. The summed E-state index contributed by atoms with van der Waals surface area (Å²) in [5.41, 5.74) is 0.551. The van der Waals surface area contributed by atoms with E-state index in [-0.39, 0.29) is 17.3 Å². The highest BCUT2D eigenvalue weighted by atomic mass is 35.5. The van der Waals surface area contributed by atoms with Gasteiger partial charge >= 0.3 is 6.09 Å². The van der Waals surface area contributed by atoms with Crippen LogP contribution in [0.2, 0.25) is 5.15 Å². The lowest BCUT2D eigenvalue weighted by Gasteiger charge is -2.33. The predicted molar refractivity (Wildman–Crippen MR) is 84.2 cm³/mol. The lowest BCUT2D eigenvalue weighted by Crippen LogP contribution is -2.43. The summed E-state index contributed by atoms with van der Waals surface area (Å²) in [7, 11) is 0. The number of aromatic nitrogens is 5. The number of hydrogen-bond acceptors (Lipinski definition) is 6. The molecular formula is C14H19ClN6O2.